The van der Waals surface area contributed by atoms with Crippen molar-refractivity contribution in [2.24, 2.45) is 0 Å². The molecule has 6 heteroatoms. The van der Waals surface area contributed by atoms with Gasteiger partial charge in [-0.2, -0.15) is 4.98 Å². The van der Waals surface area contributed by atoms with E-state index in [4.69, 9.17) is 11.6 Å². The second kappa shape index (κ2) is 5.60. The van der Waals surface area contributed by atoms with E-state index in [0.717, 1.165) is 21.7 Å². The normalized spacial score (nSPS) is 10.9. The van der Waals surface area contributed by atoms with Gasteiger partial charge in [-0.1, -0.05) is 6.07 Å². The van der Waals surface area contributed by atoms with Crippen molar-refractivity contribution in [3.05, 3.63) is 40.5 Å². The largest absolute Gasteiger partial charge is 0.340 e. The number of aromatic nitrogens is 2. The second-order valence-corrected chi connectivity index (χ2v) is 6.73. The van der Waals surface area contributed by atoms with E-state index >= 15 is 0 Å². The third-order valence-electron chi connectivity index (χ3n) is 2.82. The first-order chi connectivity index (χ1) is 9.65. The highest BCUT2D eigenvalue weighted by molar-refractivity contribution is 7.98. The number of benzene rings is 1. The molecular weight excluding hydrogens is 310 g/mol. The van der Waals surface area contributed by atoms with Crippen molar-refractivity contribution in [3.8, 4) is 0 Å². The van der Waals surface area contributed by atoms with Crippen LogP contribution in [0, 0.1) is 6.92 Å². The van der Waals surface area contributed by atoms with Crippen molar-refractivity contribution in [3.63, 3.8) is 0 Å². The first kappa shape index (κ1) is 13.7. The van der Waals surface area contributed by atoms with Gasteiger partial charge in [-0.3, -0.25) is 0 Å². The Kier molecular flexibility index (Phi) is 3.83. The molecule has 0 radical (unpaired) electrons. The average molecular weight is 322 g/mol. The predicted octanol–water partition coefficient (Wildman–Crippen LogP) is 5.12. The van der Waals surface area contributed by atoms with Gasteiger partial charge in [0, 0.05) is 15.5 Å². The molecule has 0 aliphatic heterocycles. The van der Waals surface area contributed by atoms with E-state index in [1.807, 2.05) is 12.1 Å². The van der Waals surface area contributed by atoms with E-state index in [9.17, 15) is 0 Å². The molecule has 3 nitrogen and oxygen atoms in total. The topological polar surface area (TPSA) is 37.8 Å². The van der Waals surface area contributed by atoms with Gasteiger partial charge in [0.05, 0.1) is 5.39 Å². The third-order valence-corrected chi connectivity index (χ3v) is 4.66. The highest BCUT2D eigenvalue weighted by atomic mass is 35.5. The van der Waals surface area contributed by atoms with Crippen LogP contribution in [-0.2, 0) is 0 Å². The molecule has 0 amide bonds. The zero-order chi connectivity index (χ0) is 14.1. The van der Waals surface area contributed by atoms with Gasteiger partial charge in [-0.05, 0) is 49.0 Å². The van der Waals surface area contributed by atoms with E-state index < -0.39 is 0 Å². The lowest BCUT2D eigenvalue weighted by atomic mass is 10.3. The lowest BCUT2D eigenvalue weighted by Gasteiger charge is -2.08. The van der Waals surface area contributed by atoms with E-state index in [1.54, 1.807) is 23.1 Å². The molecule has 3 rings (SSSR count). The second-order valence-electron chi connectivity index (χ2n) is 4.27. The summed E-state index contributed by atoms with van der Waals surface area (Å²) in [5.41, 5.74) is 0.997. The van der Waals surface area contributed by atoms with Crippen molar-refractivity contribution in [2.45, 2.75) is 11.8 Å². The van der Waals surface area contributed by atoms with Crippen LogP contribution in [0.3, 0.4) is 0 Å². The molecule has 0 spiro atoms. The number of nitrogens with one attached hydrogen (secondary N) is 1. The number of aryl methyl sites for hydroxylation is 1. The van der Waals surface area contributed by atoms with Crippen LogP contribution in [0.4, 0.5) is 11.5 Å². The molecule has 1 N–H and O–H groups in total. The first-order valence-corrected chi connectivity index (χ1v) is 8.42. The minimum atomic E-state index is 0.267. The molecule has 20 heavy (non-hydrogen) atoms. The van der Waals surface area contributed by atoms with E-state index in [1.165, 1.54) is 9.77 Å². The van der Waals surface area contributed by atoms with Crippen molar-refractivity contribution in [2.75, 3.05) is 11.6 Å². The Hall–Kier alpha value is -1.30. The van der Waals surface area contributed by atoms with Crippen molar-refractivity contribution < 1.29 is 0 Å². The number of fused-ring (bicyclic) bond motifs is 1. The lowest BCUT2D eigenvalue weighted by molar-refractivity contribution is 1.23. The molecule has 2 aromatic heterocycles. The summed E-state index contributed by atoms with van der Waals surface area (Å²) < 4.78 is 0. The van der Waals surface area contributed by atoms with E-state index in [-0.39, 0.29) is 5.28 Å². The Morgan fingerprint density at radius 3 is 2.90 bits per heavy atom. The monoisotopic (exact) mass is 321 g/mol. The number of hydrogen-bond acceptors (Lipinski definition) is 5. The molecular formula is C14H12ClN3S2. The number of anilines is 2. The Labute approximate surface area is 130 Å². The van der Waals surface area contributed by atoms with Gasteiger partial charge in [0.2, 0.25) is 5.28 Å². The molecule has 3 aromatic rings. The number of rotatable bonds is 3. The number of hydrogen-bond donors (Lipinski definition) is 1. The molecule has 0 saturated carbocycles. The summed E-state index contributed by atoms with van der Waals surface area (Å²) in [5.74, 6) is 0.752. The minimum absolute atomic E-state index is 0.267. The Bertz CT molecular complexity index is 770. The van der Waals surface area contributed by atoms with Crippen LogP contribution in [0.2, 0.25) is 5.28 Å². The molecule has 0 saturated heterocycles. The quantitative estimate of drug-likeness (QED) is 0.537. The Morgan fingerprint density at radius 1 is 1.25 bits per heavy atom. The van der Waals surface area contributed by atoms with Gasteiger partial charge in [-0.25, -0.2) is 4.98 Å². The Balaban J connectivity index is 2.05. The van der Waals surface area contributed by atoms with Crippen LogP contribution in [0.5, 0.6) is 0 Å². The third kappa shape index (κ3) is 2.75. The van der Waals surface area contributed by atoms with Gasteiger partial charge >= 0.3 is 0 Å². The molecule has 0 aliphatic rings. The van der Waals surface area contributed by atoms with Crippen molar-refractivity contribution in [1.82, 2.24) is 9.97 Å². The Morgan fingerprint density at radius 2 is 2.10 bits per heavy atom. The average Bonchev–Trinajstić information content (AvgIpc) is 2.79. The van der Waals surface area contributed by atoms with Gasteiger partial charge < -0.3 is 5.32 Å². The van der Waals surface area contributed by atoms with Crippen LogP contribution < -0.4 is 5.32 Å². The lowest BCUT2D eigenvalue weighted by Crippen LogP contribution is -1.95. The number of thioether (sulfide) groups is 1. The fourth-order valence-electron chi connectivity index (χ4n) is 1.95. The zero-order valence-electron chi connectivity index (χ0n) is 11.0. The maximum Gasteiger partial charge on any atom is 0.225 e. The van der Waals surface area contributed by atoms with Crippen LogP contribution >= 0.6 is 34.7 Å². The summed E-state index contributed by atoms with van der Waals surface area (Å²) in [7, 11) is 0. The van der Waals surface area contributed by atoms with Crippen LogP contribution in [0.1, 0.15) is 4.88 Å². The zero-order valence-corrected chi connectivity index (χ0v) is 13.4. The maximum absolute atomic E-state index is 6.00. The van der Waals surface area contributed by atoms with E-state index in [0.29, 0.717) is 0 Å². The summed E-state index contributed by atoms with van der Waals surface area (Å²) in [6, 6.07) is 10.3. The maximum atomic E-state index is 6.00. The number of thiophene rings is 1. The fraction of sp³-hybridized carbons (Fsp3) is 0.143. The number of nitrogens with zero attached hydrogens (tertiary/aromatic N) is 2. The van der Waals surface area contributed by atoms with Crippen LogP contribution in [0.25, 0.3) is 10.2 Å². The standard InChI is InChI=1S/C14H12ClN3S2/c1-8-6-11-12(17-14(15)18-13(11)20-8)16-9-4-3-5-10(7-9)19-2/h3-7H,1-2H3,(H,16,17,18). The molecule has 102 valence electrons. The molecule has 0 unspecified atom stereocenters. The van der Waals surface area contributed by atoms with Crippen molar-refractivity contribution in [1.29, 1.82) is 0 Å². The summed E-state index contributed by atoms with van der Waals surface area (Å²) in [6.45, 7) is 2.05. The predicted molar refractivity (Wildman–Crippen MR) is 88.7 cm³/mol. The van der Waals surface area contributed by atoms with Gasteiger partial charge in [0.15, 0.2) is 0 Å². The minimum Gasteiger partial charge on any atom is -0.340 e. The molecule has 0 bridgehead atoms. The van der Waals surface area contributed by atoms with E-state index in [2.05, 4.69) is 46.7 Å². The van der Waals surface area contributed by atoms with Gasteiger partial charge in [0.25, 0.3) is 0 Å². The SMILES string of the molecule is CSc1cccc(Nc2nc(Cl)nc3sc(C)cc23)c1. The van der Waals surface area contributed by atoms with Crippen molar-refractivity contribution >= 4 is 56.4 Å². The molecule has 0 aliphatic carbocycles. The summed E-state index contributed by atoms with van der Waals surface area (Å²) in [4.78, 5) is 11.9. The highest BCUT2D eigenvalue weighted by Gasteiger charge is 2.10. The van der Waals surface area contributed by atoms with Gasteiger partial charge in [-0.15, -0.1) is 23.1 Å². The molecule has 0 atom stereocenters. The summed E-state index contributed by atoms with van der Waals surface area (Å²) in [6.07, 6.45) is 2.06. The molecule has 1 aromatic carbocycles. The molecule has 0 fully saturated rings. The van der Waals surface area contributed by atoms with Gasteiger partial charge in [0.1, 0.15) is 10.6 Å². The summed E-state index contributed by atoms with van der Waals surface area (Å²) in [5, 5.41) is 4.61. The number of halogens is 1. The molecule has 2 heterocycles. The smallest absolute Gasteiger partial charge is 0.225 e. The fourth-order valence-corrected chi connectivity index (χ4v) is 3.51. The first-order valence-electron chi connectivity index (χ1n) is 6.00. The highest BCUT2D eigenvalue weighted by Crippen LogP contribution is 2.31. The summed E-state index contributed by atoms with van der Waals surface area (Å²) >= 11 is 9.32. The van der Waals surface area contributed by atoms with Crippen LogP contribution in [0.15, 0.2) is 35.2 Å². The van der Waals surface area contributed by atoms with Crippen LogP contribution in [-0.4, -0.2) is 16.2 Å².